The lowest BCUT2D eigenvalue weighted by Gasteiger charge is -2.18. The molecule has 0 unspecified atom stereocenters. The van der Waals surface area contributed by atoms with Crippen molar-refractivity contribution >= 4 is 15.8 Å². The average molecular weight is 285 g/mol. The highest BCUT2D eigenvalue weighted by Gasteiger charge is 2.16. The van der Waals surface area contributed by atoms with Gasteiger partial charge in [-0.25, -0.2) is 18.1 Å². The first kappa shape index (κ1) is 15.9. The smallest absolute Gasteiger partial charge is 0.240 e. The molecule has 1 heterocycles. The minimum Gasteiger partial charge on any atom is -0.370 e. The van der Waals surface area contributed by atoms with Gasteiger partial charge in [-0.15, -0.1) is 0 Å². The summed E-state index contributed by atoms with van der Waals surface area (Å²) in [6.07, 6.45) is 2.29. The third kappa shape index (κ3) is 5.57. The van der Waals surface area contributed by atoms with Crippen LogP contribution in [0.2, 0.25) is 0 Å². The van der Waals surface area contributed by atoms with Crippen LogP contribution in [0.15, 0.2) is 23.2 Å². The first-order valence-corrected chi connectivity index (χ1v) is 7.92. The van der Waals surface area contributed by atoms with Crippen molar-refractivity contribution in [3.63, 3.8) is 0 Å². The fourth-order valence-electron chi connectivity index (χ4n) is 1.50. The van der Waals surface area contributed by atoms with Crippen LogP contribution in [0.3, 0.4) is 0 Å². The molecule has 1 aromatic heterocycles. The summed E-state index contributed by atoms with van der Waals surface area (Å²) >= 11 is 0. The van der Waals surface area contributed by atoms with Gasteiger partial charge >= 0.3 is 0 Å². The quantitative estimate of drug-likeness (QED) is 0.841. The Balaban J connectivity index is 2.74. The van der Waals surface area contributed by atoms with E-state index < -0.39 is 10.0 Å². The van der Waals surface area contributed by atoms with E-state index in [2.05, 4.69) is 35.8 Å². The Kier molecular flexibility index (Phi) is 5.31. The Labute approximate surface area is 115 Å². The van der Waals surface area contributed by atoms with E-state index in [-0.39, 0.29) is 10.3 Å². The summed E-state index contributed by atoms with van der Waals surface area (Å²) in [5.41, 5.74) is 0.107. The summed E-state index contributed by atoms with van der Waals surface area (Å²) in [5.74, 6) is 0.571. The molecule has 0 spiro atoms. The largest absolute Gasteiger partial charge is 0.370 e. The second-order valence-electron chi connectivity index (χ2n) is 5.62. The summed E-state index contributed by atoms with van der Waals surface area (Å²) in [4.78, 5) is 4.30. The topological polar surface area (TPSA) is 71.1 Å². The second kappa shape index (κ2) is 6.34. The predicted octanol–water partition coefficient (Wildman–Crippen LogP) is 2.23. The van der Waals surface area contributed by atoms with Gasteiger partial charge in [0, 0.05) is 25.4 Å². The van der Waals surface area contributed by atoms with Crippen LogP contribution in [0.25, 0.3) is 0 Å². The molecule has 0 aliphatic rings. The van der Waals surface area contributed by atoms with Gasteiger partial charge in [0.2, 0.25) is 10.0 Å². The van der Waals surface area contributed by atoms with Crippen molar-refractivity contribution in [1.82, 2.24) is 9.71 Å². The molecule has 19 heavy (non-hydrogen) atoms. The first-order valence-electron chi connectivity index (χ1n) is 6.44. The summed E-state index contributed by atoms with van der Waals surface area (Å²) in [5, 5.41) is 3.00. The van der Waals surface area contributed by atoms with Gasteiger partial charge in [-0.1, -0.05) is 20.8 Å². The van der Waals surface area contributed by atoms with Gasteiger partial charge in [-0.05, 0) is 24.8 Å². The summed E-state index contributed by atoms with van der Waals surface area (Å²) < 4.78 is 26.8. The van der Waals surface area contributed by atoms with Crippen LogP contribution in [-0.2, 0) is 10.0 Å². The summed E-state index contributed by atoms with van der Waals surface area (Å²) in [6.45, 7) is 9.31. The average Bonchev–Trinajstić information content (AvgIpc) is 2.28. The van der Waals surface area contributed by atoms with E-state index in [1.54, 1.807) is 6.07 Å². The molecule has 0 aliphatic carbocycles. The molecule has 0 saturated heterocycles. The van der Waals surface area contributed by atoms with Crippen LogP contribution in [0.4, 0.5) is 5.82 Å². The summed E-state index contributed by atoms with van der Waals surface area (Å²) in [7, 11) is -3.45. The van der Waals surface area contributed by atoms with Crippen LogP contribution in [0.5, 0.6) is 0 Å². The SMILES string of the molecule is CCNc1cc(S(=O)(=O)NCCC(C)(C)C)ccn1. The highest BCUT2D eigenvalue weighted by atomic mass is 32.2. The van der Waals surface area contributed by atoms with Crippen LogP contribution >= 0.6 is 0 Å². The fourth-order valence-corrected chi connectivity index (χ4v) is 2.54. The number of anilines is 1. The van der Waals surface area contributed by atoms with Gasteiger partial charge < -0.3 is 5.32 Å². The molecule has 0 radical (unpaired) electrons. The lowest BCUT2D eigenvalue weighted by Crippen LogP contribution is -2.27. The number of hydrogen-bond donors (Lipinski definition) is 2. The van der Waals surface area contributed by atoms with E-state index in [4.69, 9.17) is 0 Å². The van der Waals surface area contributed by atoms with E-state index in [1.807, 2.05) is 6.92 Å². The maximum absolute atomic E-state index is 12.1. The maximum atomic E-state index is 12.1. The molecule has 0 aromatic carbocycles. The molecule has 0 amide bonds. The standard InChI is InChI=1S/C13H23N3O2S/c1-5-14-12-10-11(6-8-15-12)19(17,18)16-9-7-13(2,3)4/h6,8,10,16H,5,7,9H2,1-4H3,(H,14,15). The van der Waals surface area contributed by atoms with Gasteiger partial charge in [-0.3, -0.25) is 0 Å². The van der Waals surface area contributed by atoms with Gasteiger partial charge in [-0.2, -0.15) is 0 Å². The van der Waals surface area contributed by atoms with Gasteiger partial charge in [0.15, 0.2) is 0 Å². The molecule has 108 valence electrons. The van der Waals surface area contributed by atoms with Crippen molar-refractivity contribution in [2.45, 2.75) is 39.0 Å². The van der Waals surface area contributed by atoms with E-state index in [9.17, 15) is 8.42 Å². The normalized spacial score (nSPS) is 12.4. The zero-order valence-corrected chi connectivity index (χ0v) is 12.8. The Morgan fingerprint density at radius 2 is 2.00 bits per heavy atom. The lowest BCUT2D eigenvalue weighted by molar-refractivity contribution is 0.378. The highest BCUT2D eigenvalue weighted by molar-refractivity contribution is 7.89. The molecule has 6 heteroatoms. The van der Waals surface area contributed by atoms with E-state index >= 15 is 0 Å². The van der Waals surface area contributed by atoms with Crippen molar-refractivity contribution in [2.75, 3.05) is 18.4 Å². The van der Waals surface area contributed by atoms with Crippen molar-refractivity contribution in [2.24, 2.45) is 5.41 Å². The minimum absolute atomic E-state index is 0.107. The summed E-state index contributed by atoms with van der Waals surface area (Å²) in [6, 6.07) is 3.04. The molecule has 1 aromatic rings. The van der Waals surface area contributed by atoms with Gasteiger partial charge in [0.25, 0.3) is 0 Å². The Morgan fingerprint density at radius 1 is 1.32 bits per heavy atom. The van der Waals surface area contributed by atoms with Crippen molar-refractivity contribution < 1.29 is 8.42 Å². The van der Waals surface area contributed by atoms with Gasteiger partial charge in [0.05, 0.1) is 4.90 Å². The monoisotopic (exact) mass is 285 g/mol. The van der Waals surface area contributed by atoms with Crippen LogP contribution in [0.1, 0.15) is 34.1 Å². The third-order valence-corrected chi connectivity index (χ3v) is 4.03. The van der Waals surface area contributed by atoms with E-state index in [0.717, 1.165) is 6.42 Å². The second-order valence-corrected chi connectivity index (χ2v) is 7.38. The molecule has 5 nitrogen and oxygen atoms in total. The highest BCUT2D eigenvalue weighted by Crippen LogP contribution is 2.18. The zero-order valence-electron chi connectivity index (χ0n) is 12.0. The Hall–Kier alpha value is -1.14. The number of aromatic nitrogens is 1. The number of hydrogen-bond acceptors (Lipinski definition) is 4. The van der Waals surface area contributed by atoms with Crippen LogP contribution in [0, 0.1) is 5.41 Å². The molecular formula is C13H23N3O2S. The minimum atomic E-state index is -3.45. The van der Waals surface area contributed by atoms with Gasteiger partial charge in [0.1, 0.15) is 5.82 Å². The fraction of sp³-hybridized carbons (Fsp3) is 0.615. The number of nitrogens with one attached hydrogen (secondary N) is 2. The van der Waals surface area contributed by atoms with Crippen LogP contribution in [-0.4, -0.2) is 26.5 Å². The third-order valence-electron chi connectivity index (χ3n) is 2.57. The Morgan fingerprint density at radius 3 is 2.58 bits per heavy atom. The number of pyridine rings is 1. The molecule has 0 saturated carbocycles. The zero-order chi connectivity index (χ0) is 14.5. The number of sulfonamides is 1. The van der Waals surface area contributed by atoms with Crippen molar-refractivity contribution in [1.29, 1.82) is 0 Å². The molecular weight excluding hydrogens is 262 g/mol. The van der Waals surface area contributed by atoms with Crippen LogP contribution < -0.4 is 10.0 Å². The van der Waals surface area contributed by atoms with E-state index in [0.29, 0.717) is 18.9 Å². The molecule has 0 aliphatic heterocycles. The predicted molar refractivity (Wildman–Crippen MR) is 77.7 cm³/mol. The molecule has 0 bridgehead atoms. The van der Waals surface area contributed by atoms with Crippen molar-refractivity contribution in [3.05, 3.63) is 18.3 Å². The molecule has 2 N–H and O–H groups in total. The van der Waals surface area contributed by atoms with Crippen molar-refractivity contribution in [3.8, 4) is 0 Å². The Bertz CT molecular complexity index is 507. The maximum Gasteiger partial charge on any atom is 0.240 e. The molecule has 1 rings (SSSR count). The molecule has 0 fully saturated rings. The number of rotatable bonds is 6. The lowest BCUT2D eigenvalue weighted by atomic mass is 9.93. The molecule has 0 atom stereocenters. The first-order chi connectivity index (χ1) is 8.74. The van der Waals surface area contributed by atoms with E-state index in [1.165, 1.54) is 12.3 Å². The number of nitrogens with zero attached hydrogens (tertiary/aromatic N) is 1.